The minimum Gasteiger partial charge on any atom is -0.341 e. The number of piperidine rings is 1. The Balaban J connectivity index is 2.58. The third-order valence-electron chi connectivity index (χ3n) is 3.66. The zero-order valence-electron chi connectivity index (χ0n) is 12.8. The molecule has 7 heteroatoms. The summed E-state index contributed by atoms with van der Waals surface area (Å²) in [5, 5.41) is 0. The first kappa shape index (κ1) is 17.4. The molecular formula is C13H27N3O3S. The standard InChI is InChI=1S/C13H27N3O3S/c1-13(2,3)11(14)12(17)16-7-5-6-10(9-16)8-15-20(4,18)19/h10-11,15H,5-9,14H2,1-4H3/t10?,11-/m0/s1. The molecule has 0 radical (unpaired) electrons. The first-order valence-electron chi connectivity index (χ1n) is 6.99. The van der Waals surface area contributed by atoms with E-state index in [0.717, 1.165) is 19.1 Å². The topological polar surface area (TPSA) is 92.5 Å². The Kier molecular flexibility index (Phi) is 5.57. The first-order chi connectivity index (χ1) is 9.00. The SMILES string of the molecule is CC(C)(C)[C@@H](N)C(=O)N1CCCC(CNS(C)(=O)=O)C1. The highest BCUT2D eigenvalue weighted by Gasteiger charge is 2.33. The van der Waals surface area contributed by atoms with Gasteiger partial charge in [-0.3, -0.25) is 4.79 Å². The van der Waals surface area contributed by atoms with Gasteiger partial charge >= 0.3 is 0 Å². The Morgan fingerprint density at radius 3 is 2.55 bits per heavy atom. The molecule has 1 unspecified atom stereocenters. The van der Waals surface area contributed by atoms with Crippen LogP contribution in [0.4, 0.5) is 0 Å². The normalized spacial score (nSPS) is 22.6. The van der Waals surface area contributed by atoms with Crippen LogP contribution in [0.3, 0.4) is 0 Å². The first-order valence-corrected chi connectivity index (χ1v) is 8.89. The van der Waals surface area contributed by atoms with Crippen molar-refractivity contribution >= 4 is 15.9 Å². The van der Waals surface area contributed by atoms with Crippen molar-refractivity contribution in [3.8, 4) is 0 Å². The summed E-state index contributed by atoms with van der Waals surface area (Å²) in [6.45, 7) is 7.50. The third-order valence-corrected chi connectivity index (χ3v) is 4.35. The third kappa shape index (κ3) is 5.38. The fourth-order valence-electron chi connectivity index (χ4n) is 2.27. The number of nitrogens with two attached hydrogens (primary N) is 1. The molecule has 0 aromatic rings. The summed E-state index contributed by atoms with van der Waals surface area (Å²) in [5.41, 5.74) is 5.74. The molecule has 1 aliphatic rings. The maximum absolute atomic E-state index is 12.4. The number of carbonyl (C=O) groups is 1. The largest absolute Gasteiger partial charge is 0.341 e. The predicted octanol–water partition coefficient (Wildman–Crippen LogP) is 0.148. The van der Waals surface area contributed by atoms with Gasteiger partial charge in [0.05, 0.1) is 12.3 Å². The summed E-state index contributed by atoms with van der Waals surface area (Å²) in [5.74, 6) is 0.121. The van der Waals surface area contributed by atoms with Crippen LogP contribution in [0.15, 0.2) is 0 Å². The van der Waals surface area contributed by atoms with Crippen LogP contribution in [0.1, 0.15) is 33.6 Å². The lowest BCUT2D eigenvalue weighted by atomic mass is 9.86. The molecule has 0 saturated carbocycles. The molecule has 1 fully saturated rings. The van der Waals surface area contributed by atoms with Gasteiger partial charge in [-0.05, 0) is 24.2 Å². The van der Waals surface area contributed by atoms with E-state index in [2.05, 4.69) is 4.72 Å². The van der Waals surface area contributed by atoms with Crippen LogP contribution in [0, 0.1) is 11.3 Å². The molecule has 20 heavy (non-hydrogen) atoms. The molecule has 0 spiro atoms. The number of hydrogen-bond acceptors (Lipinski definition) is 4. The molecule has 0 aromatic carbocycles. The molecule has 0 bridgehead atoms. The average Bonchev–Trinajstić information content (AvgIpc) is 2.33. The van der Waals surface area contributed by atoms with E-state index in [0.29, 0.717) is 19.6 Å². The Bertz CT molecular complexity index is 442. The molecule has 1 saturated heterocycles. The van der Waals surface area contributed by atoms with Gasteiger partial charge in [-0.1, -0.05) is 20.8 Å². The molecule has 6 nitrogen and oxygen atoms in total. The van der Waals surface area contributed by atoms with Gasteiger partial charge in [0, 0.05) is 19.6 Å². The van der Waals surface area contributed by atoms with Crippen molar-refractivity contribution in [3.05, 3.63) is 0 Å². The number of hydrogen-bond donors (Lipinski definition) is 2. The molecule has 118 valence electrons. The lowest BCUT2D eigenvalue weighted by Gasteiger charge is -2.37. The van der Waals surface area contributed by atoms with Gasteiger partial charge in [-0.2, -0.15) is 0 Å². The van der Waals surface area contributed by atoms with Crippen molar-refractivity contribution in [2.24, 2.45) is 17.1 Å². The van der Waals surface area contributed by atoms with E-state index in [9.17, 15) is 13.2 Å². The van der Waals surface area contributed by atoms with Gasteiger partial charge in [-0.25, -0.2) is 13.1 Å². The monoisotopic (exact) mass is 305 g/mol. The van der Waals surface area contributed by atoms with Crippen LogP contribution < -0.4 is 10.5 Å². The average molecular weight is 305 g/mol. The van der Waals surface area contributed by atoms with E-state index in [1.165, 1.54) is 0 Å². The predicted molar refractivity (Wildman–Crippen MR) is 79.6 cm³/mol. The van der Waals surface area contributed by atoms with Crippen LogP contribution in [-0.4, -0.2) is 51.2 Å². The van der Waals surface area contributed by atoms with Crippen molar-refractivity contribution in [2.45, 2.75) is 39.7 Å². The van der Waals surface area contributed by atoms with E-state index < -0.39 is 16.1 Å². The molecule has 3 N–H and O–H groups in total. The number of amides is 1. The number of likely N-dealkylation sites (tertiary alicyclic amines) is 1. The fraction of sp³-hybridized carbons (Fsp3) is 0.923. The maximum atomic E-state index is 12.4. The maximum Gasteiger partial charge on any atom is 0.240 e. The van der Waals surface area contributed by atoms with E-state index in [-0.39, 0.29) is 17.2 Å². The number of nitrogens with zero attached hydrogens (tertiary/aromatic N) is 1. The Morgan fingerprint density at radius 1 is 1.45 bits per heavy atom. The summed E-state index contributed by atoms with van der Waals surface area (Å²) in [4.78, 5) is 14.1. The summed E-state index contributed by atoms with van der Waals surface area (Å²) in [6, 6.07) is -0.524. The minimum atomic E-state index is -3.18. The van der Waals surface area contributed by atoms with Gasteiger partial charge in [0.2, 0.25) is 15.9 Å². The smallest absolute Gasteiger partial charge is 0.240 e. The van der Waals surface area contributed by atoms with Gasteiger partial charge in [0.15, 0.2) is 0 Å². The van der Waals surface area contributed by atoms with Crippen molar-refractivity contribution in [3.63, 3.8) is 0 Å². The lowest BCUT2D eigenvalue weighted by Crippen LogP contribution is -2.53. The highest BCUT2D eigenvalue weighted by atomic mass is 32.2. The quantitative estimate of drug-likeness (QED) is 0.773. The highest BCUT2D eigenvalue weighted by Crippen LogP contribution is 2.22. The van der Waals surface area contributed by atoms with Crippen LogP contribution in [0.25, 0.3) is 0 Å². The summed E-state index contributed by atoms with van der Waals surface area (Å²) < 4.78 is 24.7. The molecule has 0 aromatic heterocycles. The number of rotatable bonds is 4. The Morgan fingerprint density at radius 2 is 2.05 bits per heavy atom. The zero-order chi connectivity index (χ0) is 15.6. The van der Waals surface area contributed by atoms with Crippen LogP contribution in [0.2, 0.25) is 0 Å². The van der Waals surface area contributed by atoms with E-state index in [4.69, 9.17) is 5.73 Å². The van der Waals surface area contributed by atoms with Gasteiger partial charge in [-0.15, -0.1) is 0 Å². The fourth-order valence-corrected chi connectivity index (χ4v) is 2.81. The van der Waals surface area contributed by atoms with Crippen LogP contribution in [-0.2, 0) is 14.8 Å². The van der Waals surface area contributed by atoms with E-state index in [1.54, 1.807) is 4.90 Å². The van der Waals surface area contributed by atoms with Crippen LogP contribution in [0.5, 0.6) is 0 Å². The molecule has 1 heterocycles. The molecule has 0 aliphatic carbocycles. The van der Waals surface area contributed by atoms with Crippen molar-refractivity contribution in [2.75, 3.05) is 25.9 Å². The van der Waals surface area contributed by atoms with Crippen molar-refractivity contribution < 1.29 is 13.2 Å². The highest BCUT2D eigenvalue weighted by molar-refractivity contribution is 7.88. The molecule has 1 aliphatic heterocycles. The number of nitrogens with one attached hydrogen (secondary N) is 1. The second-order valence-electron chi connectivity index (χ2n) is 6.76. The zero-order valence-corrected chi connectivity index (χ0v) is 13.7. The van der Waals surface area contributed by atoms with Crippen molar-refractivity contribution in [1.29, 1.82) is 0 Å². The molecule has 1 amide bonds. The Labute approximate surface area is 122 Å². The number of carbonyl (C=O) groups excluding carboxylic acids is 1. The second-order valence-corrected chi connectivity index (χ2v) is 8.59. The van der Waals surface area contributed by atoms with Gasteiger partial charge in [0.1, 0.15) is 0 Å². The van der Waals surface area contributed by atoms with Gasteiger partial charge in [0.25, 0.3) is 0 Å². The lowest BCUT2D eigenvalue weighted by molar-refractivity contribution is -0.136. The van der Waals surface area contributed by atoms with Crippen LogP contribution >= 0.6 is 0 Å². The summed E-state index contributed by atoms with van der Waals surface area (Å²) >= 11 is 0. The van der Waals surface area contributed by atoms with E-state index in [1.807, 2.05) is 20.8 Å². The summed E-state index contributed by atoms with van der Waals surface area (Å²) in [7, 11) is -3.18. The second kappa shape index (κ2) is 6.41. The van der Waals surface area contributed by atoms with Gasteiger partial charge < -0.3 is 10.6 Å². The molecule has 1 rings (SSSR count). The number of sulfonamides is 1. The molecular weight excluding hydrogens is 278 g/mol. The minimum absolute atomic E-state index is 0.0402. The summed E-state index contributed by atoms with van der Waals surface area (Å²) in [6.07, 6.45) is 2.96. The molecule has 2 atom stereocenters. The van der Waals surface area contributed by atoms with E-state index >= 15 is 0 Å². The van der Waals surface area contributed by atoms with Crippen molar-refractivity contribution in [1.82, 2.24) is 9.62 Å². The Hall–Kier alpha value is -0.660.